The summed E-state index contributed by atoms with van der Waals surface area (Å²) in [5.74, 6) is 0.934. The van der Waals surface area contributed by atoms with Crippen LogP contribution in [0.4, 0.5) is 0 Å². The van der Waals surface area contributed by atoms with Gasteiger partial charge in [-0.1, -0.05) is 0 Å². The number of aromatic nitrogens is 1. The first-order chi connectivity index (χ1) is 8.24. The second-order valence-corrected chi connectivity index (χ2v) is 5.16. The largest absolute Gasteiger partial charge is 0.419 e. The van der Waals surface area contributed by atoms with Crippen molar-refractivity contribution >= 4 is 11.1 Å². The molecule has 1 fully saturated rings. The van der Waals surface area contributed by atoms with E-state index in [1.807, 2.05) is 0 Å². The maximum absolute atomic E-state index is 11.5. The third kappa shape index (κ3) is 1.13. The molecule has 2 bridgehead atoms. The molecule has 2 atom stereocenters. The predicted molar refractivity (Wildman–Crippen MR) is 64.4 cm³/mol. The van der Waals surface area contributed by atoms with E-state index >= 15 is 0 Å². The van der Waals surface area contributed by atoms with Gasteiger partial charge in [0.15, 0.2) is 5.58 Å². The van der Waals surface area contributed by atoms with Gasteiger partial charge in [-0.15, -0.1) is 0 Å². The number of fused-ring (bicyclic) bond motifs is 6. The fourth-order valence-corrected chi connectivity index (χ4v) is 3.33. The maximum Gasteiger partial charge on any atom is 0.419 e. The minimum absolute atomic E-state index is 0.271. The Labute approximate surface area is 98.2 Å². The minimum Gasteiger partial charge on any atom is -0.408 e. The molecule has 2 heterocycles. The highest BCUT2D eigenvalue weighted by atomic mass is 16.4. The molecular formula is C13H14N2O2. The van der Waals surface area contributed by atoms with Gasteiger partial charge in [0.1, 0.15) is 0 Å². The molecule has 0 saturated carbocycles. The molecule has 4 heteroatoms. The predicted octanol–water partition coefficient (Wildman–Crippen LogP) is 1.31. The molecule has 88 valence electrons. The summed E-state index contributed by atoms with van der Waals surface area (Å²) < 4.78 is 6.85. The Morgan fingerprint density at radius 3 is 2.76 bits per heavy atom. The van der Waals surface area contributed by atoms with Gasteiger partial charge in [0, 0.05) is 20.1 Å². The summed E-state index contributed by atoms with van der Waals surface area (Å²) in [7, 11) is 1.76. The molecule has 0 radical (unpaired) electrons. The normalized spacial score (nSPS) is 26.4. The van der Waals surface area contributed by atoms with Crippen LogP contribution in [0.5, 0.6) is 0 Å². The smallest absolute Gasteiger partial charge is 0.408 e. The average molecular weight is 230 g/mol. The van der Waals surface area contributed by atoms with Gasteiger partial charge < -0.3 is 9.73 Å². The second-order valence-electron chi connectivity index (χ2n) is 5.16. The van der Waals surface area contributed by atoms with E-state index in [4.69, 9.17) is 4.42 Å². The van der Waals surface area contributed by atoms with Gasteiger partial charge in [0.05, 0.1) is 5.52 Å². The second kappa shape index (κ2) is 3.01. The van der Waals surface area contributed by atoms with Crippen molar-refractivity contribution < 1.29 is 4.42 Å². The average Bonchev–Trinajstić information content (AvgIpc) is 2.75. The van der Waals surface area contributed by atoms with Crippen LogP contribution < -0.4 is 11.1 Å². The van der Waals surface area contributed by atoms with Crippen molar-refractivity contribution in [1.29, 1.82) is 0 Å². The third-order valence-corrected chi connectivity index (χ3v) is 4.23. The lowest BCUT2D eigenvalue weighted by molar-refractivity contribution is 0.453. The fraction of sp³-hybridized carbons (Fsp3) is 0.462. The number of hydrogen-bond acceptors (Lipinski definition) is 3. The number of piperidine rings is 1. The number of benzene rings is 1. The molecule has 1 saturated heterocycles. The van der Waals surface area contributed by atoms with Crippen molar-refractivity contribution in [2.24, 2.45) is 7.05 Å². The van der Waals surface area contributed by atoms with E-state index in [2.05, 4.69) is 17.4 Å². The quantitative estimate of drug-likeness (QED) is 0.742. The maximum atomic E-state index is 11.5. The zero-order valence-electron chi connectivity index (χ0n) is 9.69. The molecule has 4 nitrogen and oxygen atoms in total. The fourth-order valence-electron chi connectivity index (χ4n) is 3.33. The van der Waals surface area contributed by atoms with E-state index in [-0.39, 0.29) is 5.76 Å². The van der Waals surface area contributed by atoms with Crippen LogP contribution in [0, 0.1) is 0 Å². The number of rotatable bonds is 0. The van der Waals surface area contributed by atoms with Crippen LogP contribution in [0.25, 0.3) is 11.1 Å². The van der Waals surface area contributed by atoms with Crippen LogP contribution in [0.15, 0.2) is 21.3 Å². The first-order valence-electron chi connectivity index (χ1n) is 6.08. The molecule has 1 aliphatic heterocycles. The number of hydrogen-bond donors (Lipinski definition) is 1. The van der Waals surface area contributed by atoms with E-state index in [9.17, 15) is 4.79 Å². The molecule has 0 spiro atoms. The lowest BCUT2D eigenvalue weighted by Gasteiger charge is -2.19. The number of oxazole rings is 1. The highest BCUT2D eigenvalue weighted by molar-refractivity contribution is 5.76. The Bertz CT molecular complexity index is 668. The van der Waals surface area contributed by atoms with Crippen LogP contribution in [-0.4, -0.2) is 17.7 Å². The first-order valence-corrected chi connectivity index (χ1v) is 6.08. The third-order valence-electron chi connectivity index (χ3n) is 4.23. The standard InChI is InChI=1S/C13H14N2O2/c1-15-11-3-9-7-2-8(6-14-5-7)10(9)4-12(11)17-13(15)16/h3-4,7-8,14H,2,5-6H2,1H3. The highest BCUT2D eigenvalue weighted by Gasteiger charge is 2.34. The monoisotopic (exact) mass is 230 g/mol. The van der Waals surface area contributed by atoms with E-state index in [1.165, 1.54) is 17.5 Å². The Morgan fingerprint density at radius 2 is 2.00 bits per heavy atom. The Hall–Kier alpha value is -1.55. The number of nitrogens with zero attached hydrogens (tertiary/aromatic N) is 1. The Balaban J connectivity index is 2.05. The van der Waals surface area contributed by atoms with Crippen LogP contribution in [0.3, 0.4) is 0 Å². The Morgan fingerprint density at radius 1 is 1.29 bits per heavy atom. The summed E-state index contributed by atoms with van der Waals surface area (Å²) in [6.45, 7) is 2.10. The molecule has 0 amide bonds. The lowest BCUT2D eigenvalue weighted by Crippen LogP contribution is -2.28. The topological polar surface area (TPSA) is 47.2 Å². The minimum atomic E-state index is -0.271. The summed E-state index contributed by atoms with van der Waals surface area (Å²) in [5, 5.41) is 3.47. The van der Waals surface area contributed by atoms with E-state index in [0.29, 0.717) is 11.8 Å². The van der Waals surface area contributed by atoms with Gasteiger partial charge in [-0.05, 0) is 41.5 Å². The lowest BCUT2D eigenvalue weighted by atomic mass is 9.98. The van der Waals surface area contributed by atoms with Crippen molar-refractivity contribution in [1.82, 2.24) is 9.88 Å². The molecule has 2 aliphatic rings. The van der Waals surface area contributed by atoms with Crippen molar-refractivity contribution in [2.45, 2.75) is 18.3 Å². The zero-order chi connectivity index (χ0) is 11.6. The van der Waals surface area contributed by atoms with Crippen molar-refractivity contribution in [2.75, 3.05) is 13.1 Å². The molecule has 1 N–H and O–H groups in total. The summed E-state index contributed by atoms with van der Waals surface area (Å²) in [5.41, 5.74) is 4.43. The van der Waals surface area contributed by atoms with E-state index < -0.39 is 0 Å². The van der Waals surface area contributed by atoms with E-state index in [0.717, 1.165) is 24.2 Å². The molecule has 2 unspecified atom stereocenters. The van der Waals surface area contributed by atoms with Gasteiger partial charge in [-0.2, -0.15) is 0 Å². The van der Waals surface area contributed by atoms with Gasteiger partial charge >= 0.3 is 5.76 Å². The van der Waals surface area contributed by atoms with Gasteiger partial charge in [-0.3, -0.25) is 4.57 Å². The number of nitrogens with one attached hydrogen (secondary N) is 1. The zero-order valence-corrected chi connectivity index (χ0v) is 9.69. The summed E-state index contributed by atoms with van der Waals surface area (Å²) >= 11 is 0. The van der Waals surface area contributed by atoms with Gasteiger partial charge in [0.25, 0.3) is 0 Å². The molecule has 1 aliphatic carbocycles. The van der Waals surface area contributed by atoms with Crippen LogP contribution in [-0.2, 0) is 7.05 Å². The van der Waals surface area contributed by atoms with Crippen LogP contribution >= 0.6 is 0 Å². The highest BCUT2D eigenvalue weighted by Crippen LogP contribution is 2.44. The summed E-state index contributed by atoms with van der Waals surface area (Å²) in [4.78, 5) is 11.5. The molecule has 1 aromatic carbocycles. The van der Waals surface area contributed by atoms with Crippen molar-refractivity contribution in [3.63, 3.8) is 0 Å². The molecule has 17 heavy (non-hydrogen) atoms. The van der Waals surface area contributed by atoms with Gasteiger partial charge in [0.2, 0.25) is 0 Å². The first kappa shape index (κ1) is 9.48. The molecule has 2 aromatic rings. The molecular weight excluding hydrogens is 216 g/mol. The number of aryl methyl sites for hydroxylation is 1. The molecule has 1 aromatic heterocycles. The summed E-state index contributed by atoms with van der Waals surface area (Å²) in [6.07, 6.45) is 1.24. The SMILES string of the molecule is Cn1c(=O)oc2cc3c(cc21)C1CNCC3C1. The Kier molecular flexibility index (Phi) is 1.68. The van der Waals surface area contributed by atoms with Crippen molar-refractivity contribution in [3.05, 3.63) is 33.8 Å². The summed E-state index contributed by atoms with van der Waals surface area (Å²) in [6, 6.07) is 4.22. The van der Waals surface area contributed by atoms with Crippen LogP contribution in [0.1, 0.15) is 29.4 Å². The van der Waals surface area contributed by atoms with Crippen LogP contribution in [0.2, 0.25) is 0 Å². The van der Waals surface area contributed by atoms with Crippen molar-refractivity contribution in [3.8, 4) is 0 Å². The molecule has 4 rings (SSSR count). The van der Waals surface area contributed by atoms with E-state index in [1.54, 1.807) is 11.6 Å². The van der Waals surface area contributed by atoms with Gasteiger partial charge in [-0.25, -0.2) is 4.79 Å².